The zero-order valence-electron chi connectivity index (χ0n) is 10.2. The van der Waals surface area contributed by atoms with E-state index in [1.165, 1.54) is 10.9 Å². The van der Waals surface area contributed by atoms with Gasteiger partial charge in [0, 0.05) is 17.2 Å². The lowest BCUT2D eigenvalue weighted by Gasteiger charge is -2.05. The van der Waals surface area contributed by atoms with Crippen LogP contribution in [0.25, 0.3) is 0 Å². The van der Waals surface area contributed by atoms with Crippen LogP contribution < -0.4 is 0 Å². The molecule has 8 heteroatoms. The van der Waals surface area contributed by atoms with E-state index in [1.54, 1.807) is 6.92 Å². The minimum absolute atomic E-state index is 0.122. The van der Waals surface area contributed by atoms with Gasteiger partial charge in [0.2, 0.25) is 0 Å². The number of halogens is 1. The number of aromatic nitrogens is 2. The second-order valence-electron chi connectivity index (χ2n) is 3.60. The Labute approximate surface area is 110 Å². The normalized spacial score (nSPS) is 11.5. The van der Waals surface area contributed by atoms with Crippen molar-refractivity contribution in [2.45, 2.75) is 38.3 Å². The van der Waals surface area contributed by atoms with Crippen LogP contribution in [0.1, 0.15) is 37.0 Å². The fourth-order valence-electron chi connectivity index (χ4n) is 1.45. The molecule has 18 heavy (non-hydrogen) atoms. The van der Waals surface area contributed by atoms with Crippen LogP contribution in [0.5, 0.6) is 0 Å². The van der Waals surface area contributed by atoms with Gasteiger partial charge in [-0.05, 0) is 13.3 Å². The molecule has 102 valence electrons. The second kappa shape index (κ2) is 6.19. The van der Waals surface area contributed by atoms with Crippen molar-refractivity contribution in [1.29, 1.82) is 0 Å². The van der Waals surface area contributed by atoms with E-state index in [0.29, 0.717) is 6.54 Å². The summed E-state index contributed by atoms with van der Waals surface area (Å²) in [6, 6.07) is 0. The van der Waals surface area contributed by atoms with Crippen molar-refractivity contribution in [3.8, 4) is 0 Å². The van der Waals surface area contributed by atoms with Gasteiger partial charge in [0.1, 0.15) is 5.56 Å². The van der Waals surface area contributed by atoms with Crippen molar-refractivity contribution < 1.29 is 17.9 Å². The minimum atomic E-state index is -4.04. The Morgan fingerprint density at radius 1 is 1.50 bits per heavy atom. The molecule has 1 rings (SSSR count). The van der Waals surface area contributed by atoms with Gasteiger partial charge in [-0.2, -0.15) is 5.10 Å². The van der Waals surface area contributed by atoms with Crippen LogP contribution in [-0.4, -0.2) is 30.8 Å². The van der Waals surface area contributed by atoms with Gasteiger partial charge in [-0.3, -0.25) is 4.68 Å². The third-order valence-electron chi connectivity index (χ3n) is 2.24. The fourth-order valence-corrected chi connectivity index (χ4v) is 2.72. The van der Waals surface area contributed by atoms with Crippen LogP contribution in [0.4, 0.5) is 0 Å². The van der Waals surface area contributed by atoms with E-state index in [1.807, 2.05) is 6.92 Å². The molecule has 0 aliphatic heterocycles. The number of carbonyl (C=O) groups is 1. The Bertz CT molecular complexity index is 524. The van der Waals surface area contributed by atoms with E-state index in [9.17, 15) is 13.2 Å². The molecule has 0 aliphatic rings. The molecule has 6 nitrogen and oxygen atoms in total. The first-order chi connectivity index (χ1) is 8.41. The highest BCUT2D eigenvalue weighted by molar-refractivity contribution is 8.13. The first-order valence-electron chi connectivity index (χ1n) is 5.59. The molecule has 0 bridgehead atoms. The number of ether oxygens (including phenoxy) is 1. The summed E-state index contributed by atoms with van der Waals surface area (Å²) in [5.74, 6) is -0.737. The van der Waals surface area contributed by atoms with Crippen molar-refractivity contribution >= 4 is 25.7 Å². The van der Waals surface area contributed by atoms with Gasteiger partial charge in [-0.25, -0.2) is 13.2 Å². The highest BCUT2D eigenvalue weighted by Crippen LogP contribution is 2.21. The highest BCUT2D eigenvalue weighted by Gasteiger charge is 2.27. The van der Waals surface area contributed by atoms with Crippen LogP contribution in [0.3, 0.4) is 0 Å². The summed E-state index contributed by atoms with van der Waals surface area (Å²) in [5.41, 5.74) is -0.122. The van der Waals surface area contributed by atoms with Gasteiger partial charge in [-0.15, -0.1) is 0 Å². The molecule has 0 aliphatic carbocycles. The molecule has 0 fully saturated rings. The van der Waals surface area contributed by atoms with Gasteiger partial charge >= 0.3 is 5.97 Å². The van der Waals surface area contributed by atoms with E-state index < -0.39 is 15.0 Å². The summed E-state index contributed by atoms with van der Waals surface area (Å²) >= 11 is 0. The lowest BCUT2D eigenvalue weighted by Crippen LogP contribution is -2.12. The largest absolute Gasteiger partial charge is 0.462 e. The molecule has 0 N–H and O–H groups in total. The van der Waals surface area contributed by atoms with E-state index in [0.717, 1.165) is 12.8 Å². The molecule has 0 spiro atoms. The van der Waals surface area contributed by atoms with Crippen molar-refractivity contribution in [3.05, 3.63) is 11.8 Å². The number of rotatable bonds is 6. The Morgan fingerprint density at radius 3 is 2.67 bits per heavy atom. The van der Waals surface area contributed by atoms with Crippen molar-refractivity contribution in [3.63, 3.8) is 0 Å². The molecule has 0 atom stereocenters. The van der Waals surface area contributed by atoms with Crippen molar-refractivity contribution in [1.82, 2.24) is 9.78 Å². The van der Waals surface area contributed by atoms with Crippen LogP contribution in [0, 0.1) is 0 Å². The number of unbranched alkanes of at least 4 members (excludes halogenated alkanes) is 1. The van der Waals surface area contributed by atoms with Crippen LogP contribution in [0.2, 0.25) is 0 Å². The summed E-state index contributed by atoms with van der Waals surface area (Å²) in [7, 11) is 1.29. The summed E-state index contributed by atoms with van der Waals surface area (Å²) in [4.78, 5) is 11.6. The molecule has 1 heterocycles. The standard InChI is InChI=1S/C10H15ClN2O4S/c1-3-5-6-13-9(18(11,15)16)8(7-12-13)10(14)17-4-2/h7H,3-6H2,1-2H3. The summed E-state index contributed by atoms with van der Waals surface area (Å²) in [5, 5.41) is 3.58. The Balaban J connectivity index is 3.20. The van der Waals surface area contributed by atoms with Crippen LogP contribution >= 0.6 is 10.7 Å². The fraction of sp³-hybridized carbons (Fsp3) is 0.600. The lowest BCUT2D eigenvalue weighted by atomic mass is 10.3. The number of aryl methyl sites for hydroxylation is 1. The number of hydrogen-bond donors (Lipinski definition) is 0. The topological polar surface area (TPSA) is 78.3 Å². The zero-order valence-corrected chi connectivity index (χ0v) is 11.8. The minimum Gasteiger partial charge on any atom is -0.462 e. The number of carbonyl (C=O) groups excluding carboxylic acids is 1. The lowest BCUT2D eigenvalue weighted by molar-refractivity contribution is 0.0521. The third kappa shape index (κ3) is 3.46. The van der Waals surface area contributed by atoms with Crippen molar-refractivity contribution in [2.75, 3.05) is 6.61 Å². The maximum Gasteiger partial charge on any atom is 0.342 e. The summed E-state index contributed by atoms with van der Waals surface area (Å²) in [6.07, 6.45) is 2.78. The maximum atomic E-state index is 11.6. The number of hydrogen-bond acceptors (Lipinski definition) is 5. The summed E-state index contributed by atoms with van der Waals surface area (Å²) in [6.45, 7) is 4.14. The molecule has 0 aromatic carbocycles. The first-order valence-corrected chi connectivity index (χ1v) is 7.90. The Morgan fingerprint density at radius 2 is 2.17 bits per heavy atom. The van der Waals surface area contributed by atoms with Gasteiger partial charge in [0.15, 0.2) is 5.03 Å². The smallest absolute Gasteiger partial charge is 0.342 e. The summed E-state index contributed by atoms with van der Waals surface area (Å²) < 4.78 is 29.0. The molecule has 0 saturated heterocycles. The van der Waals surface area contributed by atoms with Gasteiger partial charge in [0.05, 0.1) is 12.8 Å². The average molecular weight is 295 g/mol. The monoisotopic (exact) mass is 294 g/mol. The van der Waals surface area contributed by atoms with Gasteiger partial charge in [-0.1, -0.05) is 13.3 Å². The molecule has 1 aromatic rings. The Kier molecular flexibility index (Phi) is 5.15. The molecule has 0 unspecified atom stereocenters. The van der Waals surface area contributed by atoms with Crippen LogP contribution in [-0.2, 0) is 20.3 Å². The molecule has 1 aromatic heterocycles. The van der Waals surface area contributed by atoms with Gasteiger partial charge in [0.25, 0.3) is 9.05 Å². The SMILES string of the molecule is CCCCn1ncc(C(=O)OCC)c1S(=O)(=O)Cl. The molecular formula is C10H15ClN2O4S. The zero-order chi connectivity index (χ0) is 13.8. The van der Waals surface area contributed by atoms with Gasteiger partial charge < -0.3 is 4.74 Å². The van der Waals surface area contributed by atoms with E-state index in [-0.39, 0.29) is 17.2 Å². The average Bonchev–Trinajstić information content (AvgIpc) is 2.70. The molecule has 0 radical (unpaired) electrons. The quantitative estimate of drug-likeness (QED) is 0.590. The predicted molar refractivity (Wildman–Crippen MR) is 66.1 cm³/mol. The Hall–Kier alpha value is -1.08. The molecule has 0 saturated carbocycles. The third-order valence-corrected chi connectivity index (χ3v) is 3.57. The first kappa shape index (κ1) is 15.0. The number of esters is 1. The van der Waals surface area contributed by atoms with Crippen molar-refractivity contribution in [2.24, 2.45) is 0 Å². The van der Waals surface area contributed by atoms with E-state index in [2.05, 4.69) is 5.10 Å². The highest BCUT2D eigenvalue weighted by atomic mass is 35.7. The second-order valence-corrected chi connectivity index (χ2v) is 6.08. The number of nitrogens with zero attached hydrogens (tertiary/aromatic N) is 2. The molecular weight excluding hydrogens is 280 g/mol. The van der Waals surface area contributed by atoms with E-state index in [4.69, 9.17) is 15.4 Å². The molecule has 0 amide bonds. The van der Waals surface area contributed by atoms with Crippen LogP contribution in [0.15, 0.2) is 11.2 Å². The predicted octanol–water partition coefficient (Wildman–Crippen LogP) is 1.79. The van der Waals surface area contributed by atoms with E-state index >= 15 is 0 Å². The maximum absolute atomic E-state index is 11.6.